The Hall–Kier alpha value is -6.78. The molecule has 15 nitrogen and oxygen atoms in total. The number of methoxy groups -OCH3 is 2. The maximum absolute atomic E-state index is 14.2. The molecule has 17 heteroatoms. The van der Waals surface area contributed by atoms with Gasteiger partial charge in [-0.1, -0.05) is 121 Å². The Balaban J connectivity index is 0.965. The molecule has 2 aliphatic rings. The first-order valence-corrected chi connectivity index (χ1v) is 22.8. The molecule has 0 bridgehead atoms. The van der Waals surface area contributed by atoms with Gasteiger partial charge in [0.05, 0.1) is 43.4 Å². The van der Waals surface area contributed by atoms with Crippen LogP contribution in [0.2, 0.25) is 5.15 Å². The number of hydrogen-bond acceptors (Lipinski definition) is 9. The smallest absolute Gasteiger partial charge is 0.407 e. The molecule has 4 heterocycles. The number of hydrogen-bond donors (Lipinski definition) is 4. The fourth-order valence-electron chi connectivity index (χ4n) is 8.44. The van der Waals surface area contributed by atoms with E-state index >= 15 is 0 Å². The van der Waals surface area contributed by atoms with Gasteiger partial charge in [-0.25, -0.2) is 19.6 Å². The summed E-state index contributed by atoms with van der Waals surface area (Å²) >= 11 is 6.76. The summed E-state index contributed by atoms with van der Waals surface area (Å²) in [4.78, 5) is 72.3. The summed E-state index contributed by atoms with van der Waals surface area (Å²) < 4.78 is 22.4. The lowest BCUT2D eigenvalue weighted by Gasteiger charge is -2.28. The molecule has 2 saturated heterocycles. The Morgan fingerprint density at radius 2 is 1.25 bits per heavy atom. The molecule has 4 N–H and O–H groups in total. The number of carbonyl (C=O) groups excluding carboxylic acids is 4. The summed E-state index contributed by atoms with van der Waals surface area (Å²) in [6, 6.07) is 31.1. The van der Waals surface area contributed by atoms with Crippen LogP contribution in [0, 0.1) is 0 Å². The van der Waals surface area contributed by atoms with Crippen LogP contribution in [0.5, 0.6) is 0 Å². The number of alkyl carbamates (subject to hydrolysis) is 2. The first kappa shape index (κ1) is 43.9. The molecule has 330 valence electrons. The third-order valence-corrected chi connectivity index (χ3v) is 13.4. The number of imidazole rings is 2. The molecule has 0 aliphatic carbocycles. The molecule has 4 aromatic carbocycles. The van der Waals surface area contributed by atoms with Crippen molar-refractivity contribution in [2.45, 2.75) is 48.7 Å². The maximum atomic E-state index is 14.2. The number of likely N-dealkylation sites (tertiary alicyclic amines) is 2. The van der Waals surface area contributed by atoms with Crippen LogP contribution in [0.1, 0.15) is 66.2 Å². The molecule has 2 aliphatic heterocycles. The molecule has 64 heavy (non-hydrogen) atoms. The molecule has 1 unspecified atom stereocenters. The first-order chi connectivity index (χ1) is 31.0. The third kappa shape index (κ3) is 9.29. The van der Waals surface area contributed by atoms with Gasteiger partial charge >= 0.3 is 12.2 Å². The van der Waals surface area contributed by atoms with Gasteiger partial charge in [0.2, 0.25) is 0 Å². The second kappa shape index (κ2) is 19.3. The fourth-order valence-corrected chi connectivity index (χ4v) is 9.51. The van der Waals surface area contributed by atoms with Crippen LogP contribution in [-0.4, -0.2) is 96.8 Å². The minimum atomic E-state index is -1.20. The van der Waals surface area contributed by atoms with Crippen LogP contribution in [0.25, 0.3) is 33.6 Å². The monoisotopic (exact) mass is 902 g/mol. The molecule has 2 fully saturated rings. The summed E-state index contributed by atoms with van der Waals surface area (Å²) in [5.41, 5.74) is 6.18. The quantitative estimate of drug-likeness (QED) is 0.0955. The zero-order valence-corrected chi connectivity index (χ0v) is 36.9. The number of benzene rings is 4. The molecule has 2 aromatic heterocycles. The van der Waals surface area contributed by atoms with Crippen LogP contribution < -0.4 is 10.6 Å². The number of nitrogens with one attached hydrogen (secondary N) is 4. The van der Waals surface area contributed by atoms with E-state index in [1.165, 1.54) is 14.2 Å². The second-order valence-electron chi connectivity index (χ2n) is 15.6. The van der Waals surface area contributed by atoms with Crippen molar-refractivity contribution in [1.82, 2.24) is 40.4 Å². The fraction of sp³-hybridized carbons (Fsp3) is 0.277. The van der Waals surface area contributed by atoms with Crippen molar-refractivity contribution >= 4 is 46.4 Å². The number of ether oxygens (including phenoxy) is 2. The molecule has 8 rings (SSSR count). The molecule has 0 saturated carbocycles. The summed E-state index contributed by atoms with van der Waals surface area (Å²) in [6.07, 6.45) is 3.79. The predicted molar refractivity (Wildman–Crippen MR) is 242 cm³/mol. The standard InChI is InChI=1S/C47H47ClN8O7S/c1-62-46(59)52-39(31-11-6-4-7-12-31)44(57)55-24-10-15-36(55)43-51-38(41(48)54-43)33-22-18-29(19-23-33)28-16-20-30(21-17-28)35-26-49-42(50-35)37-25-34(64(3)61)27-56(37)45(58)40(53-47(60)63-2)32-13-8-5-9-14-32/h4-9,11-14,16-23,26,34,36-37,39-40H,10,15,24-25,27H2,1-3H3,(H,49,50)(H,51,54)(H,52,59)(H,53,60)/t34-,36-,37-,39+,40+,64?/m0/s1. The van der Waals surface area contributed by atoms with Crippen molar-refractivity contribution in [2.75, 3.05) is 33.6 Å². The van der Waals surface area contributed by atoms with E-state index < -0.39 is 41.1 Å². The Bertz CT molecular complexity index is 2640. The number of aromatic amines is 2. The Labute approximate surface area is 377 Å². The zero-order chi connectivity index (χ0) is 44.9. The Morgan fingerprint density at radius 3 is 1.80 bits per heavy atom. The summed E-state index contributed by atoms with van der Waals surface area (Å²) in [5, 5.41) is 5.44. The van der Waals surface area contributed by atoms with Gasteiger partial charge in [0.15, 0.2) is 0 Å². The lowest BCUT2D eigenvalue weighted by Crippen LogP contribution is -2.43. The van der Waals surface area contributed by atoms with Gasteiger partial charge < -0.3 is 39.9 Å². The number of amides is 4. The van der Waals surface area contributed by atoms with E-state index in [2.05, 4.69) is 20.6 Å². The summed E-state index contributed by atoms with van der Waals surface area (Å²) in [7, 11) is 1.30. The first-order valence-electron chi connectivity index (χ1n) is 20.8. The summed E-state index contributed by atoms with van der Waals surface area (Å²) in [5.74, 6) is 0.502. The van der Waals surface area contributed by atoms with Crippen LogP contribution >= 0.6 is 11.6 Å². The van der Waals surface area contributed by atoms with Crippen molar-refractivity contribution < 1.29 is 32.9 Å². The predicted octanol–water partition coefficient (Wildman–Crippen LogP) is 7.67. The van der Waals surface area contributed by atoms with E-state index in [0.717, 1.165) is 34.4 Å². The van der Waals surface area contributed by atoms with E-state index in [1.54, 1.807) is 58.7 Å². The highest BCUT2D eigenvalue weighted by molar-refractivity contribution is 7.84. The average molecular weight is 903 g/mol. The number of rotatable bonds is 12. The van der Waals surface area contributed by atoms with Gasteiger partial charge in [0.25, 0.3) is 11.8 Å². The van der Waals surface area contributed by atoms with E-state index in [1.807, 2.05) is 72.8 Å². The van der Waals surface area contributed by atoms with E-state index in [0.29, 0.717) is 53.0 Å². The van der Waals surface area contributed by atoms with Crippen LogP contribution in [-0.2, 0) is 29.9 Å². The largest absolute Gasteiger partial charge is 0.453 e. The van der Waals surface area contributed by atoms with E-state index in [4.69, 9.17) is 31.0 Å². The van der Waals surface area contributed by atoms with Crippen molar-refractivity contribution in [3.05, 3.63) is 143 Å². The second-order valence-corrected chi connectivity index (χ2v) is 17.7. The van der Waals surface area contributed by atoms with Gasteiger partial charge in [0, 0.05) is 35.7 Å². The van der Waals surface area contributed by atoms with Gasteiger partial charge in [-0.05, 0) is 47.1 Å². The van der Waals surface area contributed by atoms with Gasteiger partial charge in [-0.15, -0.1) is 0 Å². The molecular formula is C47H47ClN8O7S. The third-order valence-electron chi connectivity index (χ3n) is 11.8. The molecule has 4 amide bonds. The molecule has 0 spiro atoms. The number of aromatic nitrogens is 4. The zero-order valence-electron chi connectivity index (χ0n) is 35.3. The molecule has 6 aromatic rings. The Morgan fingerprint density at radius 1 is 0.719 bits per heavy atom. The minimum absolute atomic E-state index is 0.239. The Kier molecular flexibility index (Phi) is 13.2. The summed E-state index contributed by atoms with van der Waals surface area (Å²) in [6.45, 7) is 0.734. The average Bonchev–Trinajstić information content (AvgIpc) is 4.17. The van der Waals surface area contributed by atoms with Crippen LogP contribution in [0.4, 0.5) is 9.59 Å². The van der Waals surface area contributed by atoms with Gasteiger partial charge in [0.1, 0.15) is 34.6 Å². The van der Waals surface area contributed by atoms with Crippen molar-refractivity contribution in [3.8, 4) is 33.6 Å². The topological polar surface area (TPSA) is 192 Å². The number of halogens is 1. The van der Waals surface area contributed by atoms with E-state index in [-0.39, 0.29) is 29.7 Å². The lowest BCUT2D eigenvalue weighted by molar-refractivity contribution is -0.135. The molecular weight excluding hydrogens is 856 g/mol. The lowest BCUT2D eigenvalue weighted by atomic mass is 10.0. The van der Waals surface area contributed by atoms with Crippen molar-refractivity contribution in [3.63, 3.8) is 0 Å². The number of nitrogens with zero attached hydrogens (tertiary/aromatic N) is 4. The highest BCUT2D eigenvalue weighted by Gasteiger charge is 2.43. The molecule has 6 atom stereocenters. The number of H-pyrrole nitrogens is 2. The maximum Gasteiger partial charge on any atom is 0.407 e. The molecule has 0 radical (unpaired) electrons. The number of carbonyl (C=O) groups is 4. The van der Waals surface area contributed by atoms with Crippen LogP contribution in [0.3, 0.4) is 0 Å². The van der Waals surface area contributed by atoms with Crippen molar-refractivity contribution in [1.29, 1.82) is 0 Å². The normalized spacial score (nSPS) is 18.5. The van der Waals surface area contributed by atoms with E-state index in [9.17, 15) is 23.4 Å². The highest BCUT2D eigenvalue weighted by atomic mass is 35.5. The van der Waals surface area contributed by atoms with Crippen LogP contribution in [0.15, 0.2) is 115 Å². The van der Waals surface area contributed by atoms with Crippen molar-refractivity contribution in [2.24, 2.45) is 0 Å². The van der Waals surface area contributed by atoms with Gasteiger partial charge in [-0.2, -0.15) is 0 Å². The van der Waals surface area contributed by atoms with Gasteiger partial charge in [-0.3, -0.25) is 13.8 Å². The highest BCUT2D eigenvalue weighted by Crippen LogP contribution is 2.38. The SMILES string of the molecule is COC(=O)N[C@@H](C(=O)N1C[C@@H](S(C)=O)C[C@H]1c1ncc(-c2ccc(-c3ccc(-c4nc([C@@H]5CCCN5C(=O)[C@H](NC(=O)OC)c5ccccc5)[nH]c4Cl)cc3)cc2)[nH]1)c1ccccc1. The minimum Gasteiger partial charge on any atom is -0.453 e.